The van der Waals surface area contributed by atoms with Gasteiger partial charge in [0.25, 0.3) is 0 Å². The Morgan fingerprint density at radius 2 is 1.82 bits per heavy atom. The second-order valence-electron chi connectivity index (χ2n) is 5.08. The van der Waals surface area contributed by atoms with Gasteiger partial charge in [-0.1, -0.05) is 49.6 Å². The molecule has 2 N–H and O–H groups in total. The molecule has 0 spiro atoms. The Bertz CT molecular complexity index is 312. The van der Waals surface area contributed by atoms with E-state index in [1.807, 2.05) is 6.07 Å². The number of aliphatic hydroxyl groups is 1. The van der Waals surface area contributed by atoms with Gasteiger partial charge in [-0.3, -0.25) is 0 Å². The summed E-state index contributed by atoms with van der Waals surface area (Å²) in [5.74, 6) is 0.446. The van der Waals surface area contributed by atoms with Crippen LogP contribution in [-0.4, -0.2) is 17.8 Å². The predicted molar refractivity (Wildman–Crippen MR) is 70.7 cm³/mol. The fourth-order valence-electron chi connectivity index (χ4n) is 2.60. The number of nitrogens with one attached hydrogen (secondary N) is 1. The molecule has 2 rings (SSSR count). The van der Waals surface area contributed by atoms with Crippen molar-refractivity contribution in [3.63, 3.8) is 0 Å². The topological polar surface area (TPSA) is 32.3 Å². The molecule has 2 nitrogen and oxygen atoms in total. The van der Waals surface area contributed by atoms with E-state index in [2.05, 4.69) is 29.6 Å². The average molecular weight is 233 g/mol. The highest BCUT2D eigenvalue weighted by atomic mass is 16.3. The van der Waals surface area contributed by atoms with Crippen LogP contribution >= 0.6 is 0 Å². The first-order chi connectivity index (χ1) is 8.36. The van der Waals surface area contributed by atoms with Crippen LogP contribution in [0.4, 0.5) is 0 Å². The van der Waals surface area contributed by atoms with Crippen LogP contribution in [-0.2, 0) is 6.54 Å². The summed E-state index contributed by atoms with van der Waals surface area (Å²) in [5, 5.41) is 13.5. The first-order valence-electron chi connectivity index (χ1n) is 6.79. The molecule has 1 fully saturated rings. The Morgan fingerprint density at radius 1 is 1.06 bits per heavy atom. The molecule has 0 radical (unpaired) electrons. The molecule has 1 aromatic carbocycles. The highest BCUT2D eigenvalue weighted by Crippen LogP contribution is 2.22. The predicted octanol–water partition coefficient (Wildman–Crippen LogP) is 2.72. The molecular weight excluding hydrogens is 210 g/mol. The van der Waals surface area contributed by atoms with Gasteiger partial charge in [0.1, 0.15) is 0 Å². The molecule has 0 amide bonds. The van der Waals surface area contributed by atoms with E-state index in [1.54, 1.807) is 0 Å². The van der Waals surface area contributed by atoms with Gasteiger partial charge in [0.15, 0.2) is 0 Å². The lowest BCUT2D eigenvalue weighted by atomic mass is 9.97. The Morgan fingerprint density at radius 3 is 2.65 bits per heavy atom. The molecule has 0 unspecified atom stereocenters. The molecule has 0 aliphatic heterocycles. The van der Waals surface area contributed by atoms with Gasteiger partial charge in [-0.2, -0.15) is 0 Å². The number of aliphatic hydroxyl groups excluding tert-OH is 1. The summed E-state index contributed by atoms with van der Waals surface area (Å²) in [7, 11) is 0. The summed E-state index contributed by atoms with van der Waals surface area (Å²) in [6, 6.07) is 10.4. The quantitative estimate of drug-likeness (QED) is 0.784. The lowest BCUT2D eigenvalue weighted by Gasteiger charge is -2.20. The molecular formula is C15H23NO. The number of benzene rings is 1. The fraction of sp³-hybridized carbons (Fsp3) is 0.600. The van der Waals surface area contributed by atoms with Gasteiger partial charge >= 0.3 is 0 Å². The van der Waals surface area contributed by atoms with E-state index in [0.29, 0.717) is 5.92 Å². The molecule has 0 heterocycles. The van der Waals surface area contributed by atoms with Crippen molar-refractivity contribution in [1.29, 1.82) is 0 Å². The molecule has 1 aliphatic rings. The van der Waals surface area contributed by atoms with Gasteiger partial charge in [0.2, 0.25) is 0 Å². The zero-order valence-electron chi connectivity index (χ0n) is 10.4. The maximum absolute atomic E-state index is 10.0. The number of hydrogen-bond acceptors (Lipinski definition) is 2. The van der Waals surface area contributed by atoms with Crippen molar-refractivity contribution in [2.24, 2.45) is 5.92 Å². The Kier molecular flexibility index (Phi) is 5.02. The third-order valence-corrected chi connectivity index (χ3v) is 3.70. The van der Waals surface area contributed by atoms with Crippen LogP contribution in [0.2, 0.25) is 0 Å². The molecule has 17 heavy (non-hydrogen) atoms. The van der Waals surface area contributed by atoms with Crippen LogP contribution in [0.1, 0.15) is 37.7 Å². The maximum Gasteiger partial charge on any atom is 0.0580 e. The minimum atomic E-state index is -0.0965. The molecule has 1 aliphatic carbocycles. The number of rotatable bonds is 4. The van der Waals surface area contributed by atoms with Crippen LogP contribution in [0, 0.1) is 5.92 Å². The standard InChI is InChI=1S/C15H23NO/c17-15-10-6-2-5-9-14(15)12-16-11-13-7-3-1-4-8-13/h1,3-4,7-8,14-17H,2,5-6,9-12H2/t14-,15-/m0/s1. The molecule has 2 atom stereocenters. The normalized spacial score (nSPS) is 25.5. The van der Waals surface area contributed by atoms with E-state index in [9.17, 15) is 5.11 Å². The molecule has 0 aromatic heterocycles. The van der Waals surface area contributed by atoms with E-state index in [4.69, 9.17) is 0 Å². The largest absolute Gasteiger partial charge is 0.393 e. The highest BCUT2D eigenvalue weighted by molar-refractivity contribution is 5.14. The summed E-state index contributed by atoms with van der Waals surface area (Å²) in [6.45, 7) is 1.85. The first kappa shape index (κ1) is 12.6. The van der Waals surface area contributed by atoms with Crippen molar-refractivity contribution in [1.82, 2.24) is 5.32 Å². The summed E-state index contributed by atoms with van der Waals surface area (Å²) in [4.78, 5) is 0. The summed E-state index contributed by atoms with van der Waals surface area (Å²) >= 11 is 0. The van der Waals surface area contributed by atoms with Gasteiger partial charge in [-0.15, -0.1) is 0 Å². The maximum atomic E-state index is 10.0. The smallest absolute Gasteiger partial charge is 0.0580 e. The van der Waals surface area contributed by atoms with Crippen molar-refractivity contribution in [2.75, 3.05) is 6.54 Å². The lowest BCUT2D eigenvalue weighted by Crippen LogP contribution is -2.30. The van der Waals surface area contributed by atoms with E-state index in [-0.39, 0.29) is 6.10 Å². The minimum Gasteiger partial charge on any atom is -0.393 e. The highest BCUT2D eigenvalue weighted by Gasteiger charge is 2.20. The second-order valence-corrected chi connectivity index (χ2v) is 5.08. The van der Waals surface area contributed by atoms with E-state index >= 15 is 0 Å². The van der Waals surface area contributed by atoms with Gasteiger partial charge in [-0.05, 0) is 24.3 Å². The van der Waals surface area contributed by atoms with Crippen LogP contribution in [0.5, 0.6) is 0 Å². The zero-order chi connectivity index (χ0) is 11.9. The van der Waals surface area contributed by atoms with E-state index in [1.165, 1.54) is 31.2 Å². The van der Waals surface area contributed by atoms with Gasteiger partial charge in [0, 0.05) is 13.1 Å². The first-order valence-corrected chi connectivity index (χ1v) is 6.79. The van der Waals surface area contributed by atoms with Crippen molar-refractivity contribution in [2.45, 2.75) is 44.8 Å². The molecule has 1 saturated carbocycles. The third-order valence-electron chi connectivity index (χ3n) is 3.70. The summed E-state index contributed by atoms with van der Waals surface area (Å²) in [6.07, 6.45) is 5.80. The second kappa shape index (κ2) is 6.77. The van der Waals surface area contributed by atoms with Crippen LogP contribution < -0.4 is 5.32 Å². The molecule has 94 valence electrons. The van der Waals surface area contributed by atoms with E-state index in [0.717, 1.165) is 19.5 Å². The lowest BCUT2D eigenvalue weighted by molar-refractivity contribution is 0.0997. The third kappa shape index (κ3) is 4.14. The van der Waals surface area contributed by atoms with Crippen molar-refractivity contribution in [3.05, 3.63) is 35.9 Å². The fourth-order valence-corrected chi connectivity index (χ4v) is 2.60. The molecule has 0 bridgehead atoms. The Balaban J connectivity index is 1.73. The summed E-state index contributed by atoms with van der Waals surface area (Å²) < 4.78 is 0. The monoisotopic (exact) mass is 233 g/mol. The van der Waals surface area contributed by atoms with E-state index < -0.39 is 0 Å². The van der Waals surface area contributed by atoms with Crippen LogP contribution in [0.15, 0.2) is 30.3 Å². The number of hydrogen-bond donors (Lipinski definition) is 2. The SMILES string of the molecule is O[C@H]1CCCCC[C@H]1CNCc1ccccc1. The Labute approximate surface area is 104 Å². The summed E-state index contributed by atoms with van der Waals surface area (Å²) in [5.41, 5.74) is 1.32. The van der Waals surface area contributed by atoms with Crippen molar-refractivity contribution in [3.8, 4) is 0 Å². The molecule has 0 saturated heterocycles. The average Bonchev–Trinajstić information content (AvgIpc) is 2.56. The molecule has 2 heteroatoms. The van der Waals surface area contributed by atoms with Crippen molar-refractivity contribution < 1.29 is 5.11 Å². The van der Waals surface area contributed by atoms with Crippen LogP contribution in [0.25, 0.3) is 0 Å². The van der Waals surface area contributed by atoms with Crippen molar-refractivity contribution >= 4 is 0 Å². The van der Waals surface area contributed by atoms with Gasteiger partial charge in [-0.25, -0.2) is 0 Å². The van der Waals surface area contributed by atoms with Gasteiger partial charge < -0.3 is 10.4 Å². The van der Waals surface area contributed by atoms with Gasteiger partial charge in [0.05, 0.1) is 6.10 Å². The zero-order valence-corrected chi connectivity index (χ0v) is 10.4. The Hall–Kier alpha value is -0.860. The molecule has 1 aromatic rings. The minimum absolute atomic E-state index is 0.0965. The van der Waals surface area contributed by atoms with Crippen LogP contribution in [0.3, 0.4) is 0 Å².